The van der Waals surface area contributed by atoms with Crippen molar-refractivity contribution in [3.05, 3.63) is 81.7 Å². The molecule has 7 heteroatoms. The minimum atomic E-state index is -0.580. The van der Waals surface area contributed by atoms with Gasteiger partial charge in [-0.2, -0.15) is 0 Å². The molecule has 4 aromatic rings. The van der Waals surface area contributed by atoms with Gasteiger partial charge < -0.3 is 29.1 Å². The first-order valence-corrected chi connectivity index (χ1v) is 11.3. The topological polar surface area (TPSA) is 105 Å². The number of furan rings is 1. The third-order valence-corrected chi connectivity index (χ3v) is 5.74. The van der Waals surface area contributed by atoms with Crippen molar-refractivity contribution in [2.45, 2.75) is 32.8 Å². The van der Waals surface area contributed by atoms with Crippen LogP contribution in [0.4, 0.5) is 0 Å². The number of aliphatic hydroxyl groups is 1. The predicted octanol–water partition coefficient (Wildman–Crippen LogP) is 4.34. The first kappa shape index (κ1) is 23.6. The van der Waals surface area contributed by atoms with Gasteiger partial charge in [0.2, 0.25) is 0 Å². The summed E-state index contributed by atoms with van der Waals surface area (Å²) in [5.74, 6) is 1.32. The number of aryl methyl sites for hydroxylation is 1. The highest BCUT2D eigenvalue weighted by atomic mass is 16.5. The molecule has 0 saturated carbocycles. The maximum absolute atomic E-state index is 12.0. The van der Waals surface area contributed by atoms with E-state index in [-0.39, 0.29) is 23.7 Å². The molecule has 0 aliphatic heterocycles. The Kier molecular flexibility index (Phi) is 7.35. The molecule has 3 N–H and O–H groups in total. The van der Waals surface area contributed by atoms with Crippen molar-refractivity contribution in [2.24, 2.45) is 0 Å². The highest BCUT2D eigenvalue weighted by Gasteiger charge is 2.18. The molecule has 0 radical (unpaired) electrons. The summed E-state index contributed by atoms with van der Waals surface area (Å²) < 4.78 is 16.8. The number of benzene rings is 2. The van der Waals surface area contributed by atoms with Gasteiger partial charge in [-0.15, -0.1) is 0 Å². The molecule has 1 unspecified atom stereocenters. The average Bonchev–Trinajstić information content (AvgIpc) is 3.27. The molecule has 1 atom stereocenters. The van der Waals surface area contributed by atoms with Gasteiger partial charge in [-0.05, 0) is 69.1 Å². The van der Waals surface area contributed by atoms with E-state index in [2.05, 4.69) is 5.32 Å². The minimum Gasteiger partial charge on any atom is -0.507 e. The Morgan fingerprint density at radius 2 is 1.82 bits per heavy atom. The second-order valence-corrected chi connectivity index (χ2v) is 8.39. The van der Waals surface area contributed by atoms with Gasteiger partial charge in [0.05, 0.1) is 5.56 Å². The van der Waals surface area contributed by atoms with Gasteiger partial charge >= 0.3 is 5.63 Å². The second kappa shape index (κ2) is 10.6. The minimum absolute atomic E-state index is 0.0726. The number of ether oxygens (including phenoxy) is 1. The quantitative estimate of drug-likeness (QED) is 0.301. The molecule has 2 aromatic heterocycles. The molecule has 0 amide bonds. The summed E-state index contributed by atoms with van der Waals surface area (Å²) in [4.78, 5) is 12.0. The van der Waals surface area contributed by atoms with E-state index in [0.29, 0.717) is 23.5 Å². The zero-order valence-electron chi connectivity index (χ0n) is 19.3. The van der Waals surface area contributed by atoms with Crippen molar-refractivity contribution in [3.8, 4) is 23.0 Å². The van der Waals surface area contributed by atoms with E-state index in [0.717, 1.165) is 36.1 Å². The zero-order valence-corrected chi connectivity index (χ0v) is 19.3. The Morgan fingerprint density at radius 1 is 1.03 bits per heavy atom. The van der Waals surface area contributed by atoms with Crippen molar-refractivity contribution < 1.29 is 23.8 Å². The summed E-state index contributed by atoms with van der Waals surface area (Å²) in [5, 5.41) is 24.4. The molecule has 0 aliphatic rings. The van der Waals surface area contributed by atoms with Crippen LogP contribution in [0, 0.1) is 13.8 Å². The highest BCUT2D eigenvalue weighted by molar-refractivity contribution is 5.83. The van der Waals surface area contributed by atoms with Crippen LogP contribution < -0.4 is 15.7 Å². The Balaban J connectivity index is 1.29. The predicted molar refractivity (Wildman–Crippen MR) is 130 cm³/mol. The van der Waals surface area contributed by atoms with Crippen LogP contribution in [-0.4, -0.2) is 36.0 Å². The van der Waals surface area contributed by atoms with E-state index in [1.165, 1.54) is 6.92 Å². The Labute approximate surface area is 197 Å². The normalized spacial score (nSPS) is 12.2. The van der Waals surface area contributed by atoms with Crippen LogP contribution in [0.5, 0.6) is 11.5 Å². The molecular formula is C27H29NO6. The third kappa shape index (κ3) is 5.50. The number of fused-ring (bicyclic) bond motifs is 1. The molecule has 0 saturated heterocycles. The van der Waals surface area contributed by atoms with Crippen molar-refractivity contribution in [2.75, 3.05) is 19.7 Å². The first-order chi connectivity index (χ1) is 16.4. The van der Waals surface area contributed by atoms with Gasteiger partial charge in [-0.25, -0.2) is 4.79 Å². The van der Waals surface area contributed by atoms with Crippen molar-refractivity contribution >= 4 is 11.0 Å². The number of para-hydroxylation sites is 1. The van der Waals surface area contributed by atoms with Gasteiger partial charge in [0.25, 0.3) is 0 Å². The van der Waals surface area contributed by atoms with Gasteiger partial charge in [0.1, 0.15) is 29.8 Å². The fourth-order valence-corrected chi connectivity index (χ4v) is 3.78. The molecule has 0 aliphatic carbocycles. The summed E-state index contributed by atoms with van der Waals surface area (Å²) >= 11 is 0. The van der Waals surface area contributed by atoms with Crippen molar-refractivity contribution in [1.82, 2.24) is 5.32 Å². The molecule has 34 heavy (non-hydrogen) atoms. The van der Waals surface area contributed by atoms with Gasteiger partial charge in [0, 0.05) is 17.5 Å². The number of aliphatic hydroxyl groups excluding tert-OH is 1. The number of aromatic hydroxyl groups is 1. The van der Waals surface area contributed by atoms with Crippen LogP contribution in [-0.2, 0) is 6.42 Å². The van der Waals surface area contributed by atoms with Crippen LogP contribution in [0.3, 0.4) is 0 Å². The maximum Gasteiger partial charge on any atom is 0.343 e. The van der Waals surface area contributed by atoms with E-state index >= 15 is 0 Å². The standard InChI is InChI=1S/C27H29NO6/c1-17-25(30)18(2)27(31)34-26(17)24-14-20-13-19(10-11-23(20)33-24)7-6-12-28-15-21(29)16-32-22-8-4-3-5-9-22/h3-5,8-11,13-14,21,28-30H,6-7,12,15-16H2,1-2H3. The van der Waals surface area contributed by atoms with Crippen LogP contribution in [0.25, 0.3) is 22.5 Å². The first-order valence-electron chi connectivity index (χ1n) is 11.3. The lowest BCUT2D eigenvalue weighted by Crippen LogP contribution is -2.32. The van der Waals surface area contributed by atoms with Crippen LogP contribution in [0.15, 0.2) is 68.2 Å². The summed E-state index contributed by atoms with van der Waals surface area (Å²) in [6.07, 6.45) is 1.19. The molecular weight excluding hydrogens is 434 g/mol. The summed E-state index contributed by atoms with van der Waals surface area (Å²) in [5.41, 5.74) is 1.91. The lowest BCUT2D eigenvalue weighted by Gasteiger charge is -2.13. The fourth-order valence-electron chi connectivity index (χ4n) is 3.78. The van der Waals surface area contributed by atoms with E-state index in [1.54, 1.807) is 6.92 Å². The molecule has 7 nitrogen and oxygen atoms in total. The third-order valence-electron chi connectivity index (χ3n) is 5.74. The van der Waals surface area contributed by atoms with Crippen molar-refractivity contribution in [3.63, 3.8) is 0 Å². The highest BCUT2D eigenvalue weighted by Crippen LogP contribution is 2.33. The van der Waals surface area contributed by atoms with E-state index < -0.39 is 11.7 Å². The van der Waals surface area contributed by atoms with E-state index in [9.17, 15) is 15.0 Å². The molecule has 0 spiro atoms. The number of hydrogen-bond donors (Lipinski definition) is 3. The van der Waals surface area contributed by atoms with Crippen molar-refractivity contribution in [1.29, 1.82) is 0 Å². The molecule has 178 valence electrons. The molecule has 4 rings (SSSR count). The van der Waals surface area contributed by atoms with Gasteiger partial charge in [-0.1, -0.05) is 24.3 Å². The zero-order chi connectivity index (χ0) is 24.1. The molecule has 2 aromatic carbocycles. The summed E-state index contributed by atoms with van der Waals surface area (Å²) in [6.45, 7) is 4.69. The Hall–Kier alpha value is -3.55. The van der Waals surface area contributed by atoms with Crippen LogP contribution >= 0.6 is 0 Å². The molecule has 2 heterocycles. The Bertz CT molecular complexity index is 1310. The number of nitrogens with one attached hydrogen (secondary N) is 1. The Morgan fingerprint density at radius 3 is 2.62 bits per heavy atom. The summed E-state index contributed by atoms with van der Waals surface area (Å²) in [7, 11) is 0. The maximum atomic E-state index is 12.0. The molecule has 0 fully saturated rings. The van der Waals surface area contributed by atoms with Crippen LogP contribution in [0.2, 0.25) is 0 Å². The second-order valence-electron chi connectivity index (χ2n) is 8.39. The lowest BCUT2D eigenvalue weighted by molar-refractivity contribution is 0.106. The lowest BCUT2D eigenvalue weighted by atomic mass is 10.1. The molecule has 0 bridgehead atoms. The number of hydrogen-bond acceptors (Lipinski definition) is 7. The summed E-state index contributed by atoms with van der Waals surface area (Å²) in [6, 6.07) is 17.2. The average molecular weight is 464 g/mol. The smallest absolute Gasteiger partial charge is 0.343 e. The fraction of sp³-hybridized carbons (Fsp3) is 0.296. The largest absolute Gasteiger partial charge is 0.507 e. The van der Waals surface area contributed by atoms with Gasteiger partial charge in [0.15, 0.2) is 11.5 Å². The van der Waals surface area contributed by atoms with Gasteiger partial charge in [-0.3, -0.25) is 0 Å². The van der Waals surface area contributed by atoms with E-state index in [1.807, 2.05) is 54.6 Å². The van der Waals surface area contributed by atoms with E-state index in [4.69, 9.17) is 13.6 Å². The SMILES string of the molecule is Cc1c(-c2cc3cc(CCCNCC(O)COc4ccccc4)ccc3o2)oc(=O)c(C)c1O. The number of rotatable bonds is 10. The monoisotopic (exact) mass is 463 g/mol. The van der Waals surface area contributed by atoms with Crippen LogP contribution in [0.1, 0.15) is 23.1 Å².